The van der Waals surface area contributed by atoms with Gasteiger partial charge in [0.1, 0.15) is 18.0 Å². The zero-order chi connectivity index (χ0) is 18.9. The van der Waals surface area contributed by atoms with Gasteiger partial charge in [-0.15, -0.1) is 5.10 Å². The fourth-order valence-electron chi connectivity index (χ4n) is 2.81. The number of aromatic nitrogens is 3. The van der Waals surface area contributed by atoms with Crippen LogP contribution >= 0.6 is 0 Å². The summed E-state index contributed by atoms with van der Waals surface area (Å²) in [6, 6.07) is 4.78. The van der Waals surface area contributed by atoms with Gasteiger partial charge in [0.2, 0.25) is 0 Å². The van der Waals surface area contributed by atoms with E-state index in [-0.39, 0.29) is 17.6 Å². The van der Waals surface area contributed by atoms with Crippen LogP contribution in [0.1, 0.15) is 36.8 Å². The first-order valence-electron chi connectivity index (χ1n) is 8.51. The number of carbonyl (C=O) groups excluding carboxylic acids is 1. The number of rotatable bonds is 4. The van der Waals surface area contributed by atoms with Gasteiger partial charge in [0.05, 0.1) is 24.9 Å². The van der Waals surface area contributed by atoms with E-state index in [1.807, 2.05) is 27.0 Å². The maximum absolute atomic E-state index is 13.3. The second-order valence-electron chi connectivity index (χ2n) is 7.52. The molecule has 0 bridgehead atoms. The zero-order valence-corrected chi connectivity index (χ0v) is 15.0. The minimum absolute atomic E-state index is 0.111. The highest BCUT2D eigenvalue weighted by atomic mass is 19.1. The summed E-state index contributed by atoms with van der Waals surface area (Å²) in [5.41, 5.74) is 0.911. The molecule has 0 radical (unpaired) electrons. The largest absolute Gasteiger partial charge is 0.388 e. The van der Waals surface area contributed by atoms with Crippen molar-refractivity contribution in [2.24, 2.45) is 0 Å². The molecule has 0 aliphatic carbocycles. The normalized spacial score (nSPS) is 23.2. The number of hydrogen-bond acceptors (Lipinski definition) is 5. The van der Waals surface area contributed by atoms with Crippen molar-refractivity contribution in [2.45, 2.75) is 51.0 Å². The van der Waals surface area contributed by atoms with Crippen LogP contribution in [0.4, 0.5) is 4.39 Å². The SMILES string of the molecule is CC(C)(C)c1cn(C[C@H]2OC[C@H](O)[C@H]2NC(=O)c2cccc(F)c2)nn1. The van der Waals surface area contributed by atoms with E-state index in [2.05, 4.69) is 15.6 Å². The Balaban J connectivity index is 1.69. The third kappa shape index (κ3) is 4.08. The number of aliphatic hydroxyl groups excluding tert-OH is 1. The molecular formula is C18H23FN4O3. The average Bonchev–Trinajstić information content (AvgIpc) is 3.17. The number of hydrogen-bond donors (Lipinski definition) is 2. The molecule has 1 saturated heterocycles. The Kier molecular flexibility index (Phi) is 5.06. The molecule has 0 unspecified atom stereocenters. The number of amides is 1. The molecule has 0 saturated carbocycles. The van der Waals surface area contributed by atoms with E-state index in [0.29, 0.717) is 6.54 Å². The Morgan fingerprint density at radius 2 is 2.23 bits per heavy atom. The molecule has 1 aromatic heterocycles. The summed E-state index contributed by atoms with van der Waals surface area (Å²) in [7, 11) is 0. The van der Waals surface area contributed by atoms with Crippen molar-refractivity contribution in [2.75, 3.05) is 6.61 Å². The van der Waals surface area contributed by atoms with Crippen LogP contribution in [0.15, 0.2) is 30.5 Å². The van der Waals surface area contributed by atoms with Crippen LogP contribution in [0, 0.1) is 5.82 Å². The molecule has 7 nitrogen and oxygen atoms in total. The summed E-state index contributed by atoms with van der Waals surface area (Å²) in [5.74, 6) is -0.951. The van der Waals surface area contributed by atoms with Gasteiger partial charge < -0.3 is 15.2 Å². The van der Waals surface area contributed by atoms with Gasteiger partial charge in [0.15, 0.2) is 0 Å². The van der Waals surface area contributed by atoms with E-state index in [1.54, 1.807) is 4.68 Å². The second kappa shape index (κ2) is 7.13. The first-order chi connectivity index (χ1) is 12.2. The average molecular weight is 362 g/mol. The molecule has 3 rings (SSSR count). The maximum Gasteiger partial charge on any atom is 0.251 e. The number of benzene rings is 1. The van der Waals surface area contributed by atoms with Crippen molar-refractivity contribution in [3.8, 4) is 0 Å². The summed E-state index contributed by atoms with van der Waals surface area (Å²) in [6.07, 6.45) is 0.527. The first kappa shape index (κ1) is 18.5. The quantitative estimate of drug-likeness (QED) is 0.855. The zero-order valence-electron chi connectivity index (χ0n) is 15.0. The van der Waals surface area contributed by atoms with E-state index >= 15 is 0 Å². The summed E-state index contributed by atoms with van der Waals surface area (Å²) in [4.78, 5) is 12.4. The standard InChI is InChI=1S/C18H23FN4O3/c1-18(2,3)15-9-23(22-21-15)8-14-16(13(24)10-26-14)20-17(25)11-5-4-6-12(19)7-11/h4-7,9,13-14,16,24H,8,10H2,1-3H3,(H,20,25)/t13-,14+,16+/m0/s1. The summed E-state index contributed by atoms with van der Waals surface area (Å²) < 4.78 is 20.6. The van der Waals surface area contributed by atoms with Crippen LogP contribution in [0.3, 0.4) is 0 Å². The van der Waals surface area contributed by atoms with Crippen LogP contribution < -0.4 is 5.32 Å². The van der Waals surface area contributed by atoms with Gasteiger partial charge in [-0.05, 0) is 18.2 Å². The van der Waals surface area contributed by atoms with Crippen molar-refractivity contribution in [1.82, 2.24) is 20.3 Å². The summed E-state index contributed by atoms with van der Waals surface area (Å²) in [5, 5.41) is 21.2. The lowest BCUT2D eigenvalue weighted by molar-refractivity contribution is 0.0711. The van der Waals surface area contributed by atoms with Gasteiger partial charge in [-0.1, -0.05) is 32.1 Å². The number of carbonyl (C=O) groups is 1. The third-order valence-electron chi connectivity index (χ3n) is 4.35. The lowest BCUT2D eigenvalue weighted by atomic mass is 9.93. The fraction of sp³-hybridized carbons (Fsp3) is 0.500. The van der Waals surface area contributed by atoms with Gasteiger partial charge in [0.25, 0.3) is 5.91 Å². The monoisotopic (exact) mass is 362 g/mol. The molecule has 0 spiro atoms. The van der Waals surface area contributed by atoms with Crippen molar-refractivity contribution in [3.05, 3.63) is 47.5 Å². The molecule has 1 aromatic carbocycles. The third-order valence-corrected chi connectivity index (χ3v) is 4.35. The molecule has 2 N–H and O–H groups in total. The van der Waals surface area contributed by atoms with Crippen LogP contribution in [0.25, 0.3) is 0 Å². The number of nitrogens with zero attached hydrogens (tertiary/aromatic N) is 3. The molecule has 1 aliphatic heterocycles. The van der Waals surface area contributed by atoms with Crippen LogP contribution in [-0.2, 0) is 16.7 Å². The topological polar surface area (TPSA) is 89.3 Å². The van der Waals surface area contributed by atoms with Gasteiger partial charge in [-0.25, -0.2) is 9.07 Å². The van der Waals surface area contributed by atoms with Crippen LogP contribution in [0.5, 0.6) is 0 Å². The van der Waals surface area contributed by atoms with Gasteiger partial charge in [0, 0.05) is 17.2 Å². The highest BCUT2D eigenvalue weighted by molar-refractivity contribution is 5.94. The molecule has 2 heterocycles. The van der Waals surface area contributed by atoms with Crippen molar-refractivity contribution in [1.29, 1.82) is 0 Å². The Labute approximate surface area is 151 Å². The highest BCUT2D eigenvalue weighted by Gasteiger charge is 2.38. The predicted molar refractivity (Wildman–Crippen MR) is 92.1 cm³/mol. The minimum Gasteiger partial charge on any atom is -0.388 e. The van der Waals surface area contributed by atoms with Gasteiger partial charge in [-0.3, -0.25) is 4.79 Å². The van der Waals surface area contributed by atoms with Gasteiger partial charge in [-0.2, -0.15) is 0 Å². The fourth-order valence-corrected chi connectivity index (χ4v) is 2.81. The Morgan fingerprint density at radius 1 is 1.46 bits per heavy atom. The van der Waals surface area contributed by atoms with Gasteiger partial charge >= 0.3 is 0 Å². The summed E-state index contributed by atoms with van der Waals surface area (Å²) >= 11 is 0. The van der Waals surface area contributed by atoms with Crippen molar-refractivity contribution in [3.63, 3.8) is 0 Å². The lowest BCUT2D eigenvalue weighted by Crippen LogP contribution is -2.48. The Bertz CT molecular complexity index is 787. The molecule has 140 valence electrons. The molecule has 1 amide bonds. The highest BCUT2D eigenvalue weighted by Crippen LogP contribution is 2.21. The molecule has 3 atom stereocenters. The number of halogens is 1. The van der Waals surface area contributed by atoms with Crippen molar-refractivity contribution >= 4 is 5.91 Å². The van der Waals surface area contributed by atoms with E-state index in [1.165, 1.54) is 18.2 Å². The lowest BCUT2D eigenvalue weighted by Gasteiger charge is -2.21. The molecule has 1 fully saturated rings. The van der Waals surface area contributed by atoms with E-state index < -0.39 is 30.0 Å². The number of aliphatic hydroxyl groups is 1. The number of nitrogens with one attached hydrogen (secondary N) is 1. The van der Waals surface area contributed by atoms with Crippen molar-refractivity contribution < 1.29 is 19.0 Å². The molecule has 8 heteroatoms. The Hall–Kier alpha value is -2.32. The molecule has 2 aromatic rings. The first-order valence-corrected chi connectivity index (χ1v) is 8.51. The minimum atomic E-state index is -0.844. The number of ether oxygens (including phenoxy) is 1. The predicted octanol–water partition coefficient (Wildman–Crippen LogP) is 1.27. The van der Waals surface area contributed by atoms with E-state index in [0.717, 1.165) is 11.8 Å². The summed E-state index contributed by atoms with van der Waals surface area (Å²) in [6.45, 7) is 6.57. The Morgan fingerprint density at radius 3 is 2.88 bits per heavy atom. The second-order valence-corrected chi connectivity index (χ2v) is 7.52. The smallest absolute Gasteiger partial charge is 0.251 e. The van der Waals surface area contributed by atoms with E-state index in [9.17, 15) is 14.3 Å². The van der Waals surface area contributed by atoms with Crippen LogP contribution in [0.2, 0.25) is 0 Å². The van der Waals surface area contributed by atoms with Crippen LogP contribution in [-0.4, -0.2) is 50.9 Å². The maximum atomic E-state index is 13.3. The van der Waals surface area contributed by atoms with E-state index in [4.69, 9.17) is 4.74 Å². The molecule has 26 heavy (non-hydrogen) atoms. The molecule has 1 aliphatic rings. The molecular weight excluding hydrogens is 339 g/mol.